The van der Waals surface area contributed by atoms with Crippen molar-refractivity contribution in [3.8, 4) is 5.75 Å². The zero-order chi connectivity index (χ0) is 15.5. The summed E-state index contributed by atoms with van der Waals surface area (Å²) in [5.74, 6) is 0.403. The molecule has 1 aliphatic rings. The van der Waals surface area contributed by atoms with Crippen molar-refractivity contribution in [3.05, 3.63) is 29.6 Å². The summed E-state index contributed by atoms with van der Waals surface area (Å²) in [6.07, 6.45) is 4.96. The van der Waals surface area contributed by atoms with E-state index < -0.39 is 0 Å². The lowest BCUT2D eigenvalue weighted by Crippen LogP contribution is -2.50. The minimum Gasteiger partial charge on any atom is -0.496 e. The van der Waals surface area contributed by atoms with Crippen LogP contribution in [0, 0.1) is 5.82 Å². The number of hydrogen-bond donors (Lipinski definition) is 1. The number of nitrogens with zero attached hydrogens (tertiary/aromatic N) is 1. The van der Waals surface area contributed by atoms with Crippen LogP contribution in [0.15, 0.2) is 18.2 Å². The van der Waals surface area contributed by atoms with Gasteiger partial charge in [-0.05, 0) is 46.0 Å². The highest BCUT2D eigenvalue weighted by molar-refractivity contribution is 5.36. The van der Waals surface area contributed by atoms with Crippen molar-refractivity contribution >= 4 is 0 Å². The summed E-state index contributed by atoms with van der Waals surface area (Å²) in [6.45, 7) is 2.87. The summed E-state index contributed by atoms with van der Waals surface area (Å²) in [6, 6.07) is 4.92. The smallest absolute Gasteiger partial charge is 0.131 e. The van der Waals surface area contributed by atoms with Crippen LogP contribution in [0.1, 0.15) is 44.2 Å². The number of benzene rings is 1. The van der Waals surface area contributed by atoms with Gasteiger partial charge in [-0.3, -0.25) is 0 Å². The highest BCUT2D eigenvalue weighted by atomic mass is 19.1. The third kappa shape index (κ3) is 3.38. The highest BCUT2D eigenvalue weighted by Gasteiger charge is 2.36. The van der Waals surface area contributed by atoms with Gasteiger partial charge >= 0.3 is 0 Å². The third-order valence-corrected chi connectivity index (χ3v) is 4.89. The fraction of sp³-hybridized carbons (Fsp3) is 0.647. The average Bonchev–Trinajstić information content (AvgIpc) is 2.94. The second-order valence-corrected chi connectivity index (χ2v) is 6.28. The highest BCUT2D eigenvalue weighted by Crippen LogP contribution is 2.34. The Labute approximate surface area is 127 Å². The molecule has 1 aromatic carbocycles. The van der Waals surface area contributed by atoms with E-state index in [0.29, 0.717) is 11.3 Å². The molecule has 0 saturated heterocycles. The van der Waals surface area contributed by atoms with Gasteiger partial charge in [-0.25, -0.2) is 4.39 Å². The summed E-state index contributed by atoms with van der Waals surface area (Å²) in [5, 5.41) is 3.52. The summed E-state index contributed by atoms with van der Waals surface area (Å²) < 4.78 is 19.4. The molecule has 0 aromatic heterocycles. The molecule has 2 rings (SSSR count). The van der Waals surface area contributed by atoms with Crippen LogP contribution in [0.4, 0.5) is 4.39 Å². The van der Waals surface area contributed by atoms with E-state index in [9.17, 15) is 4.39 Å². The molecular weight excluding hydrogens is 267 g/mol. The van der Waals surface area contributed by atoms with Gasteiger partial charge in [0.25, 0.3) is 0 Å². The summed E-state index contributed by atoms with van der Waals surface area (Å²) >= 11 is 0. The van der Waals surface area contributed by atoms with Crippen molar-refractivity contribution < 1.29 is 9.13 Å². The fourth-order valence-corrected chi connectivity index (χ4v) is 3.38. The van der Waals surface area contributed by atoms with Crippen LogP contribution in [0.25, 0.3) is 0 Å². The normalized spacial score (nSPS) is 19.0. The summed E-state index contributed by atoms with van der Waals surface area (Å²) in [4.78, 5) is 2.32. The van der Waals surface area contributed by atoms with Crippen LogP contribution < -0.4 is 10.1 Å². The molecule has 118 valence electrons. The first-order valence-electron chi connectivity index (χ1n) is 7.73. The van der Waals surface area contributed by atoms with Gasteiger partial charge in [-0.2, -0.15) is 0 Å². The Morgan fingerprint density at radius 3 is 2.57 bits per heavy atom. The van der Waals surface area contributed by atoms with E-state index in [1.54, 1.807) is 13.2 Å². The Hall–Kier alpha value is -1.13. The first-order chi connectivity index (χ1) is 10.00. The van der Waals surface area contributed by atoms with Crippen molar-refractivity contribution in [2.24, 2.45) is 0 Å². The maximum absolute atomic E-state index is 14.1. The van der Waals surface area contributed by atoms with E-state index in [0.717, 1.165) is 6.54 Å². The van der Waals surface area contributed by atoms with E-state index in [4.69, 9.17) is 4.74 Å². The van der Waals surface area contributed by atoms with Crippen LogP contribution >= 0.6 is 0 Å². The third-order valence-electron chi connectivity index (χ3n) is 4.89. The molecule has 1 aromatic rings. The van der Waals surface area contributed by atoms with Gasteiger partial charge in [-0.15, -0.1) is 0 Å². The maximum atomic E-state index is 14.1. The molecule has 1 unspecified atom stereocenters. The van der Waals surface area contributed by atoms with Crippen molar-refractivity contribution in [2.45, 2.75) is 44.2 Å². The Kier molecular flexibility index (Phi) is 5.22. The Bertz CT molecular complexity index is 470. The maximum Gasteiger partial charge on any atom is 0.131 e. The molecule has 0 heterocycles. The largest absolute Gasteiger partial charge is 0.496 e. The van der Waals surface area contributed by atoms with Gasteiger partial charge in [-0.1, -0.05) is 18.9 Å². The fourth-order valence-electron chi connectivity index (χ4n) is 3.38. The van der Waals surface area contributed by atoms with Gasteiger partial charge < -0.3 is 15.0 Å². The number of likely N-dealkylation sites (N-methyl/N-ethyl adjacent to an activating group) is 1. The Morgan fingerprint density at radius 1 is 1.33 bits per heavy atom. The SMILES string of the molecule is COc1cccc(F)c1C(C)NCC1(N(C)C)CCCC1. The first kappa shape index (κ1) is 16.2. The van der Waals surface area contributed by atoms with Crippen LogP contribution in [-0.4, -0.2) is 38.2 Å². The van der Waals surface area contributed by atoms with Gasteiger partial charge in [0.05, 0.1) is 7.11 Å². The second kappa shape index (κ2) is 6.75. The van der Waals surface area contributed by atoms with Crippen molar-refractivity contribution in [1.82, 2.24) is 10.2 Å². The number of halogens is 1. The molecule has 21 heavy (non-hydrogen) atoms. The minimum atomic E-state index is -0.209. The first-order valence-corrected chi connectivity index (χ1v) is 7.73. The minimum absolute atomic E-state index is 0.0708. The van der Waals surface area contributed by atoms with Crippen LogP contribution in [0.3, 0.4) is 0 Å². The van der Waals surface area contributed by atoms with Crippen LogP contribution in [0.2, 0.25) is 0 Å². The lowest BCUT2D eigenvalue weighted by molar-refractivity contribution is 0.149. The van der Waals surface area contributed by atoms with Crippen molar-refractivity contribution in [1.29, 1.82) is 0 Å². The predicted octanol–water partition coefficient (Wildman–Crippen LogP) is 3.36. The standard InChI is InChI=1S/C17H27FN2O/c1-13(16-14(18)8-7-9-15(16)21-4)19-12-17(20(2)3)10-5-6-11-17/h7-9,13,19H,5-6,10-12H2,1-4H3. The molecule has 0 radical (unpaired) electrons. The summed E-state index contributed by atoms with van der Waals surface area (Å²) in [5.41, 5.74) is 0.819. The van der Waals surface area contributed by atoms with Crippen LogP contribution in [0.5, 0.6) is 5.75 Å². The molecule has 1 atom stereocenters. The van der Waals surface area contributed by atoms with Gasteiger partial charge in [0.2, 0.25) is 0 Å². The van der Waals surface area contributed by atoms with Crippen LogP contribution in [-0.2, 0) is 0 Å². The van der Waals surface area contributed by atoms with E-state index in [-0.39, 0.29) is 17.4 Å². The number of rotatable bonds is 6. The number of ether oxygens (including phenoxy) is 1. The lowest BCUT2D eigenvalue weighted by Gasteiger charge is -2.37. The predicted molar refractivity (Wildman–Crippen MR) is 84.3 cm³/mol. The van der Waals surface area contributed by atoms with Crippen molar-refractivity contribution in [2.75, 3.05) is 27.7 Å². The Balaban J connectivity index is 2.10. The molecule has 0 bridgehead atoms. The number of methoxy groups -OCH3 is 1. The van der Waals surface area contributed by atoms with E-state index in [1.165, 1.54) is 31.7 Å². The molecule has 1 fully saturated rings. The molecule has 1 saturated carbocycles. The topological polar surface area (TPSA) is 24.5 Å². The van der Waals surface area contributed by atoms with Gasteiger partial charge in [0.15, 0.2) is 0 Å². The summed E-state index contributed by atoms with van der Waals surface area (Å²) in [7, 11) is 5.87. The molecule has 4 heteroatoms. The lowest BCUT2D eigenvalue weighted by atomic mass is 9.95. The molecule has 1 N–H and O–H groups in total. The molecule has 1 aliphatic carbocycles. The van der Waals surface area contributed by atoms with Gasteiger partial charge in [0, 0.05) is 23.7 Å². The average molecular weight is 294 g/mol. The zero-order valence-corrected chi connectivity index (χ0v) is 13.6. The van der Waals surface area contributed by atoms with E-state index in [2.05, 4.69) is 24.3 Å². The zero-order valence-electron chi connectivity index (χ0n) is 13.6. The monoisotopic (exact) mass is 294 g/mol. The molecule has 3 nitrogen and oxygen atoms in total. The molecule has 0 aliphatic heterocycles. The Morgan fingerprint density at radius 2 is 2.00 bits per heavy atom. The van der Waals surface area contributed by atoms with E-state index in [1.807, 2.05) is 13.0 Å². The quantitative estimate of drug-likeness (QED) is 0.870. The van der Waals surface area contributed by atoms with E-state index >= 15 is 0 Å². The second-order valence-electron chi connectivity index (χ2n) is 6.28. The molecular formula is C17H27FN2O. The van der Waals surface area contributed by atoms with Crippen molar-refractivity contribution in [3.63, 3.8) is 0 Å². The number of nitrogens with one attached hydrogen (secondary N) is 1. The molecule has 0 amide bonds. The molecule has 0 spiro atoms. The number of hydrogen-bond acceptors (Lipinski definition) is 3. The van der Waals surface area contributed by atoms with Gasteiger partial charge in [0.1, 0.15) is 11.6 Å².